The van der Waals surface area contributed by atoms with E-state index in [9.17, 15) is 4.57 Å². The first-order valence-corrected chi connectivity index (χ1v) is 6.84. The van der Waals surface area contributed by atoms with Gasteiger partial charge in [-0.25, -0.2) is 9.45 Å². The summed E-state index contributed by atoms with van der Waals surface area (Å²) in [4.78, 5) is 4.98. The van der Waals surface area contributed by atoms with Crippen LogP contribution in [0.1, 0.15) is 48.5 Å². The molecule has 0 saturated heterocycles. The third-order valence-corrected chi connectivity index (χ3v) is 2.68. The van der Waals surface area contributed by atoms with Crippen molar-refractivity contribution in [3.63, 3.8) is 0 Å². The summed E-state index contributed by atoms with van der Waals surface area (Å²) >= 11 is 0. The summed E-state index contributed by atoms with van der Waals surface area (Å²) in [7, 11) is -3.65. The van der Waals surface area contributed by atoms with Crippen LogP contribution in [0, 0.1) is 0 Å². The Labute approximate surface area is 98.0 Å². The molecule has 0 amide bonds. The van der Waals surface area contributed by atoms with E-state index in [0.717, 1.165) is 0 Å². The fraction of sp³-hybridized carbons (Fsp3) is 1.00. The second kappa shape index (κ2) is 6.12. The molecule has 0 rings (SSSR count). The number of phosphoric ester groups is 1. The van der Waals surface area contributed by atoms with Gasteiger partial charge in [-0.05, 0) is 48.5 Å². The van der Waals surface area contributed by atoms with Crippen molar-refractivity contribution in [2.45, 2.75) is 66.3 Å². The van der Waals surface area contributed by atoms with Gasteiger partial charge in [0.05, 0.1) is 17.8 Å². The maximum Gasteiger partial charge on any atom is 0.502 e. The summed E-state index contributed by atoms with van der Waals surface area (Å²) in [5.74, 6) is 0. The van der Waals surface area contributed by atoms with E-state index < -0.39 is 13.4 Å². The van der Waals surface area contributed by atoms with Gasteiger partial charge in [0.1, 0.15) is 0 Å². The highest BCUT2D eigenvalue weighted by Crippen LogP contribution is 2.52. The Morgan fingerprint density at radius 2 is 1.31 bits per heavy atom. The van der Waals surface area contributed by atoms with Crippen LogP contribution in [0.3, 0.4) is 0 Å². The van der Waals surface area contributed by atoms with Gasteiger partial charge in [-0.2, -0.15) is 0 Å². The normalized spacial score (nSPS) is 13.8. The van der Waals surface area contributed by atoms with Crippen molar-refractivity contribution in [3.05, 3.63) is 0 Å². The van der Waals surface area contributed by atoms with Crippen LogP contribution in [0.2, 0.25) is 0 Å². The molecule has 0 atom stereocenters. The Morgan fingerprint density at radius 1 is 0.938 bits per heavy atom. The van der Waals surface area contributed by atoms with E-state index in [-0.39, 0.29) is 12.2 Å². The zero-order chi connectivity index (χ0) is 13.0. The zero-order valence-corrected chi connectivity index (χ0v) is 12.0. The van der Waals surface area contributed by atoms with Gasteiger partial charge >= 0.3 is 7.82 Å². The summed E-state index contributed by atoms with van der Waals surface area (Å²) in [6.07, 6.45) is -0.540. The molecule has 0 saturated carbocycles. The van der Waals surface area contributed by atoms with Gasteiger partial charge in [0.25, 0.3) is 0 Å². The Bertz CT molecular complexity index is 230. The molecule has 0 fully saturated rings. The molecule has 0 aromatic rings. The first-order chi connectivity index (χ1) is 7.04. The van der Waals surface area contributed by atoms with E-state index in [2.05, 4.69) is 0 Å². The molecule has 0 heterocycles. The maximum absolute atomic E-state index is 12.1. The predicted molar refractivity (Wildman–Crippen MR) is 62.0 cm³/mol. The average molecular weight is 254 g/mol. The molecular weight excluding hydrogens is 231 g/mol. The highest BCUT2D eigenvalue weighted by molar-refractivity contribution is 7.48. The topological polar surface area (TPSA) is 54.0 Å². The fourth-order valence-electron chi connectivity index (χ4n) is 0.734. The van der Waals surface area contributed by atoms with Crippen LogP contribution in [-0.4, -0.2) is 17.8 Å². The first-order valence-electron chi connectivity index (χ1n) is 5.38. The average Bonchev–Trinajstić information content (AvgIpc) is 1.96. The van der Waals surface area contributed by atoms with Gasteiger partial charge in [-0.3, -0.25) is 9.05 Å². The van der Waals surface area contributed by atoms with Crippen LogP contribution < -0.4 is 0 Å². The molecule has 0 aliphatic rings. The molecule has 0 aromatic carbocycles. The van der Waals surface area contributed by atoms with Crippen molar-refractivity contribution in [1.82, 2.24) is 0 Å². The van der Waals surface area contributed by atoms with Crippen LogP contribution in [0.25, 0.3) is 0 Å². The molecular formula is C10H23O5P. The van der Waals surface area contributed by atoms with Crippen molar-refractivity contribution in [1.29, 1.82) is 0 Å². The smallest absolute Gasteiger partial charge is 0.283 e. The van der Waals surface area contributed by atoms with E-state index in [1.54, 1.807) is 48.5 Å². The minimum absolute atomic E-state index is 0.270. The molecule has 0 radical (unpaired) electrons. The molecule has 0 aliphatic heterocycles. The molecule has 0 bridgehead atoms. The quantitative estimate of drug-likeness (QED) is 0.411. The molecule has 0 spiro atoms. The largest absolute Gasteiger partial charge is 0.502 e. The van der Waals surface area contributed by atoms with Crippen LogP contribution >= 0.6 is 7.82 Å². The second-order valence-corrected chi connectivity index (χ2v) is 6.49. The number of hydrogen-bond acceptors (Lipinski definition) is 5. The SMILES string of the molecule is CC(C)OP(=O)(OOC(C)(C)C)OC(C)C. The molecule has 98 valence electrons. The molecule has 0 unspecified atom stereocenters. The molecule has 0 N–H and O–H groups in total. The van der Waals surface area contributed by atoms with Crippen LogP contribution in [0.5, 0.6) is 0 Å². The Hall–Kier alpha value is 0.0700. The summed E-state index contributed by atoms with van der Waals surface area (Å²) < 4.78 is 27.2. The summed E-state index contributed by atoms with van der Waals surface area (Å²) in [6.45, 7) is 12.3. The lowest BCUT2D eigenvalue weighted by Crippen LogP contribution is -2.20. The second-order valence-electron chi connectivity index (χ2n) is 5.03. The van der Waals surface area contributed by atoms with Crippen molar-refractivity contribution < 1.29 is 23.2 Å². The van der Waals surface area contributed by atoms with Gasteiger partial charge in [0.15, 0.2) is 0 Å². The zero-order valence-electron chi connectivity index (χ0n) is 11.1. The Balaban J connectivity index is 4.48. The lowest BCUT2D eigenvalue weighted by atomic mass is 10.2. The predicted octanol–water partition coefficient (Wildman–Crippen LogP) is 3.69. The van der Waals surface area contributed by atoms with Gasteiger partial charge in [-0.1, -0.05) is 0 Å². The number of phosphoric acid groups is 1. The van der Waals surface area contributed by atoms with E-state index in [4.69, 9.17) is 18.6 Å². The number of hydrogen-bond donors (Lipinski definition) is 0. The standard InChI is InChI=1S/C10H23O5P/c1-8(2)12-16(11,13-9(3)4)15-14-10(5,6)7/h8-9H,1-7H3. The third-order valence-electron chi connectivity index (χ3n) is 1.06. The Kier molecular flexibility index (Phi) is 6.15. The van der Waals surface area contributed by atoms with E-state index in [0.29, 0.717) is 0 Å². The van der Waals surface area contributed by atoms with Crippen LogP contribution in [0.4, 0.5) is 0 Å². The van der Waals surface area contributed by atoms with Gasteiger partial charge in [-0.15, -0.1) is 4.67 Å². The van der Waals surface area contributed by atoms with Crippen molar-refractivity contribution in [2.24, 2.45) is 0 Å². The van der Waals surface area contributed by atoms with Crippen LogP contribution in [-0.2, 0) is 23.2 Å². The van der Waals surface area contributed by atoms with Gasteiger partial charge < -0.3 is 0 Å². The molecule has 0 aliphatic carbocycles. The maximum atomic E-state index is 12.1. The minimum Gasteiger partial charge on any atom is -0.283 e. The number of rotatable bonds is 6. The highest BCUT2D eigenvalue weighted by atomic mass is 31.2. The van der Waals surface area contributed by atoms with Crippen LogP contribution in [0.15, 0.2) is 0 Å². The van der Waals surface area contributed by atoms with Gasteiger partial charge in [0, 0.05) is 0 Å². The highest BCUT2D eigenvalue weighted by Gasteiger charge is 2.33. The third kappa shape index (κ3) is 8.25. The Morgan fingerprint density at radius 3 is 1.56 bits per heavy atom. The fourth-order valence-corrected chi connectivity index (χ4v) is 2.20. The van der Waals surface area contributed by atoms with E-state index in [1.807, 2.05) is 0 Å². The van der Waals surface area contributed by atoms with Gasteiger partial charge in [0.2, 0.25) is 0 Å². The minimum atomic E-state index is -3.65. The molecule has 6 heteroatoms. The summed E-state index contributed by atoms with van der Waals surface area (Å²) in [5.41, 5.74) is -0.573. The lowest BCUT2D eigenvalue weighted by Gasteiger charge is -2.24. The molecule has 16 heavy (non-hydrogen) atoms. The van der Waals surface area contributed by atoms with Crippen molar-refractivity contribution >= 4 is 7.82 Å². The molecule has 5 nitrogen and oxygen atoms in total. The molecule has 0 aromatic heterocycles. The first kappa shape index (κ1) is 16.1. The van der Waals surface area contributed by atoms with Crippen molar-refractivity contribution in [3.8, 4) is 0 Å². The monoisotopic (exact) mass is 254 g/mol. The lowest BCUT2D eigenvalue weighted by molar-refractivity contribution is -0.291. The van der Waals surface area contributed by atoms with Crippen molar-refractivity contribution in [2.75, 3.05) is 0 Å². The van der Waals surface area contributed by atoms with E-state index in [1.165, 1.54) is 0 Å². The van der Waals surface area contributed by atoms with E-state index >= 15 is 0 Å². The summed E-state index contributed by atoms with van der Waals surface area (Å²) in [6, 6.07) is 0. The summed E-state index contributed by atoms with van der Waals surface area (Å²) in [5, 5.41) is 0.